The van der Waals surface area contributed by atoms with Crippen LogP contribution >= 0.6 is 39.7 Å². The second-order valence-electron chi connectivity index (χ2n) is 4.25. The smallest absolute Gasteiger partial charge is 0.249 e. The maximum Gasteiger partial charge on any atom is 0.249 e. The molecule has 0 saturated carbocycles. The van der Waals surface area contributed by atoms with Gasteiger partial charge in [-0.15, -0.1) is 5.10 Å². The van der Waals surface area contributed by atoms with E-state index >= 15 is 0 Å². The molecule has 2 aromatic rings. The number of ether oxygens (including phenoxy) is 1. The third-order valence-electron chi connectivity index (χ3n) is 2.85. The van der Waals surface area contributed by atoms with Crippen LogP contribution in [0.4, 0.5) is 4.39 Å². The highest BCUT2D eigenvalue weighted by Crippen LogP contribution is 2.34. The summed E-state index contributed by atoms with van der Waals surface area (Å²) in [6, 6.07) is 2.54. The lowest BCUT2D eigenvalue weighted by atomic mass is 10.1. The van der Waals surface area contributed by atoms with Crippen molar-refractivity contribution < 1.29 is 9.13 Å². The molecule has 2 rings (SSSR count). The van der Waals surface area contributed by atoms with Crippen molar-refractivity contribution in [2.45, 2.75) is 13.8 Å². The predicted molar refractivity (Wildman–Crippen MR) is 86.6 cm³/mol. The van der Waals surface area contributed by atoms with Crippen molar-refractivity contribution in [3.8, 4) is 11.6 Å². The van der Waals surface area contributed by atoms with E-state index in [4.69, 9.17) is 34.3 Å². The fraction of sp³-hybridized carbons (Fsp3) is 0.154. The van der Waals surface area contributed by atoms with Gasteiger partial charge in [-0.3, -0.25) is 0 Å². The number of nitrogens with zero attached hydrogens (tertiary/aromatic N) is 2. The Kier molecular flexibility index (Phi) is 4.75. The minimum Gasteiger partial charge on any atom is -0.436 e. The lowest BCUT2D eigenvalue weighted by Gasteiger charge is -2.13. The van der Waals surface area contributed by atoms with Gasteiger partial charge in [-0.1, -0.05) is 23.8 Å². The number of thiocarbonyl (C=S) groups is 1. The average Bonchev–Trinajstić information content (AvgIpc) is 2.40. The van der Waals surface area contributed by atoms with Crippen LogP contribution in [0.2, 0.25) is 5.02 Å². The van der Waals surface area contributed by atoms with E-state index in [9.17, 15) is 4.39 Å². The van der Waals surface area contributed by atoms with Crippen molar-refractivity contribution in [1.82, 2.24) is 10.2 Å². The molecule has 1 aromatic heterocycles. The lowest BCUT2D eigenvalue weighted by molar-refractivity contribution is 0.445. The predicted octanol–water partition coefficient (Wildman–Crippen LogP) is 4.07. The van der Waals surface area contributed by atoms with Crippen LogP contribution in [-0.4, -0.2) is 15.2 Å². The highest BCUT2D eigenvalue weighted by Gasteiger charge is 2.17. The highest BCUT2D eigenvalue weighted by atomic mass is 79.9. The van der Waals surface area contributed by atoms with Crippen LogP contribution in [-0.2, 0) is 0 Å². The van der Waals surface area contributed by atoms with Gasteiger partial charge in [0.15, 0.2) is 0 Å². The first-order valence-electron chi connectivity index (χ1n) is 5.77. The first-order valence-corrected chi connectivity index (χ1v) is 7.35. The van der Waals surface area contributed by atoms with Gasteiger partial charge in [0, 0.05) is 6.07 Å². The van der Waals surface area contributed by atoms with E-state index in [1.54, 1.807) is 6.92 Å². The second-order valence-corrected chi connectivity index (χ2v) is 5.95. The molecule has 0 radical (unpaired) electrons. The van der Waals surface area contributed by atoms with Gasteiger partial charge in [0.05, 0.1) is 20.8 Å². The first kappa shape index (κ1) is 16.1. The van der Waals surface area contributed by atoms with E-state index in [-0.39, 0.29) is 21.6 Å². The summed E-state index contributed by atoms with van der Waals surface area (Å²) in [7, 11) is 0. The molecule has 2 N–H and O–H groups in total. The molecule has 0 spiro atoms. The Hall–Kier alpha value is -1.31. The van der Waals surface area contributed by atoms with E-state index in [0.29, 0.717) is 15.7 Å². The molecule has 1 aromatic carbocycles. The summed E-state index contributed by atoms with van der Waals surface area (Å²) < 4.78 is 19.6. The molecule has 0 aliphatic carbocycles. The largest absolute Gasteiger partial charge is 0.436 e. The van der Waals surface area contributed by atoms with E-state index < -0.39 is 5.82 Å². The topological polar surface area (TPSA) is 61.0 Å². The Bertz CT molecular complexity index is 742. The number of aryl methyl sites for hydroxylation is 1. The minimum atomic E-state index is -0.608. The van der Waals surface area contributed by atoms with Gasteiger partial charge < -0.3 is 10.5 Å². The van der Waals surface area contributed by atoms with Crippen LogP contribution < -0.4 is 10.5 Å². The third-order valence-corrected chi connectivity index (χ3v) is 3.96. The van der Waals surface area contributed by atoms with Crippen molar-refractivity contribution in [1.29, 1.82) is 0 Å². The normalized spacial score (nSPS) is 10.5. The highest BCUT2D eigenvalue weighted by molar-refractivity contribution is 9.10. The maximum absolute atomic E-state index is 13.5. The Balaban J connectivity index is 2.52. The molecular formula is C13H10BrClFN3OS. The lowest BCUT2D eigenvalue weighted by Crippen LogP contribution is -2.15. The molecule has 0 atom stereocenters. The van der Waals surface area contributed by atoms with E-state index in [1.807, 2.05) is 6.92 Å². The van der Waals surface area contributed by atoms with Crippen LogP contribution in [0, 0.1) is 19.7 Å². The van der Waals surface area contributed by atoms with E-state index in [0.717, 1.165) is 11.6 Å². The summed E-state index contributed by atoms with van der Waals surface area (Å²) in [5.74, 6) is -0.288. The van der Waals surface area contributed by atoms with Crippen molar-refractivity contribution in [3.05, 3.63) is 44.3 Å². The number of benzene rings is 1. The van der Waals surface area contributed by atoms with Gasteiger partial charge in [-0.25, -0.2) is 4.39 Å². The minimum absolute atomic E-state index is 0.0186. The molecule has 0 unspecified atom stereocenters. The number of hydrogen-bond acceptors (Lipinski definition) is 4. The van der Waals surface area contributed by atoms with Gasteiger partial charge in [0.2, 0.25) is 5.88 Å². The molecule has 0 aliphatic rings. The monoisotopic (exact) mass is 389 g/mol. The molecule has 0 amide bonds. The van der Waals surface area contributed by atoms with Crippen LogP contribution in [0.25, 0.3) is 0 Å². The number of hydrogen-bond donors (Lipinski definition) is 1. The van der Waals surface area contributed by atoms with Gasteiger partial charge >= 0.3 is 0 Å². The standard InChI is InChI=1S/C13H10BrClFN3OS/c1-5-6(2)18-19-13(11(5)12(17)21)20-10-4-9(16)8(15)3-7(10)14/h3-4H,1-2H3,(H2,17,21). The van der Waals surface area contributed by atoms with Crippen LogP contribution in [0.1, 0.15) is 16.8 Å². The molecule has 0 fully saturated rings. The quantitative estimate of drug-likeness (QED) is 0.632. The number of halogens is 3. The molecular weight excluding hydrogens is 381 g/mol. The molecule has 21 heavy (non-hydrogen) atoms. The summed E-state index contributed by atoms with van der Waals surface area (Å²) in [4.78, 5) is 0.131. The van der Waals surface area contributed by atoms with Crippen LogP contribution in [0.15, 0.2) is 16.6 Å². The molecule has 1 heterocycles. The summed E-state index contributed by atoms with van der Waals surface area (Å²) in [6.07, 6.45) is 0. The summed E-state index contributed by atoms with van der Waals surface area (Å²) in [5, 5.41) is 7.88. The van der Waals surface area contributed by atoms with Gasteiger partial charge in [0.25, 0.3) is 0 Å². The zero-order valence-corrected chi connectivity index (χ0v) is 14.2. The van der Waals surface area contributed by atoms with Gasteiger partial charge in [0.1, 0.15) is 16.6 Å². The Morgan fingerprint density at radius 2 is 2.05 bits per heavy atom. The van der Waals surface area contributed by atoms with Crippen molar-refractivity contribution >= 4 is 44.7 Å². The summed E-state index contributed by atoms with van der Waals surface area (Å²) in [5.41, 5.74) is 7.63. The number of aromatic nitrogens is 2. The molecule has 110 valence electrons. The zero-order valence-electron chi connectivity index (χ0n) is 11.1. The zero-order chi connectivity index (χ0) is 15.7. The third kappa shape index (κ3) is 3.30. The summed E-state index contributed by atoms with van der Waals surface area (Å²) >= 11 is 13.9. The molecule has 8 heteroatoms. The van der Waals surface area contributed by atoms with E-state index in [2.05, 4.69) is 26.1 Å². The van der Waals surface area contributed by atoms with Crippen LogP contribution in [0.3, 0.4) is 0 Å². The number of nitrogens with two attached hydrogens (primary N) is 1. The molecule has 0 aliphatic heterocycles. The van der Waals surface area contributed by atoms with Crippen LogP contribution in [0.5, 0.6) is 11.6 Å². The molecule has 4 nitrogen and oxygen atoms in total. The van der Waals surface area contributed by atoms with Gasteiger partial charge in [-0.05, 0) is 41.4 Å². The Morgan fingerprint density at radius 1 is 1.38 bits per heavy atom. The molecule has 0 bridgehead atoms. The van der Waals surface area contributed by atoms with Crippen molar-refractivity contribution in [2.75, 3.05) is 0 Å². The Morgan fingerprint density at radius 3 is 2.67 bits per heavy atom. The van der Waals surface area contributed by atoms with Gasteiger partial charge in [-0.2, -0.15) is 5.10 Å². The van der Waals surface area contributed by atoms with E-state index in [1.165, 1.54) is 6.07 Å². The Labute approximate surface area is 139 Å². The van der Waals surface area contributed by atoms with Crippen molar-refractivity contribution in [2.24, 2.45) is 5.73 Å². The average molecular weight is 391 g/mol. The number of rotatable bonds is 3. The second kappa shape index (κ2) is 6.21. The fourth-order valence-corrected chi connectivity index (χ4v) is 2.60. The maximum atomic E-state index is 13.5. The first-order chi connectivity index (χ1) is 9.81. The fourth-order valence-electron chi connectivity index (χ4n) is 1.64. The van der Waals surface area contributed by atoms with Crippen molar-refractivity contribution in [3.63, 3.8) is 0 Å². The SMILES string of the molecule is Cc1nnc(Oc2cc(F)c(Cl)cc2Br)c(C(N)=S)c1C. The molecule has 0 saturated heterocycles. The summed E-state index contributed by atoms with van der Waals surface area (Å²) in [6.45, 7) is 3.59.